The zero-order valence-electron chi connectivity index (χ0n) is 7.59. The summed E-state index contributed by atoms with van der Waals surface area (Å²) in [6, 6.07) is 1.92. The van der Waals surface area contributed by atoms with Gasteiger partial charge in [-0.2, -0.15) is 0 Å². The Morgan fingerprint density at radius 1 is 1.58 bits per heavy atom. The molecule has 2 heteroatoms. The van der Waals surface area contributed by atoms with E-state index >= 15 is 0 Å². The summed E-state index contributed by atoms with van der Waals surface area (Å²) in [6.07, 6.45) is 3.64. The second kappa shape index (κ2) is 4.10. The predicted molar refractivity (Wildman–Crippen MR) is 47.1 cm³/mol. The lowest BCUT2D eigenvalue weighted by Gasteiger charge is -1.96. The molecule has 12 heavy (non-hydrogen) atoms. The quantitative estimate of drug-likeness (QED) is 0.688. The van der Waals surface area contributed by atoms with Crippen molar-refractivity contribution >= 4 is 5.78 Å². The third kappa shape index (κ3) is 2.22. The Bertz CT molecular complexity index is 261. The largest absolute Gasteiger partial charge is 0.469 e. The van der Waals surface area contributed by atoms with Crippen LogP contribution in [-0.4, -0.2) is 5.78 Å². The number of carbonyl (C=O) groups excluding carboxylic acids is 1. The molecule has 0 aliphatic rings. The van der Waals surface area contributed by atoms with Gasteiger partial charge < -0.3 is 4.42 Å². The Hall–Kier alpha value is -1.05. The summed E-state index contributed by atoms with van der Waals surface area (Å²) >= 11 is 0. The number of hydrogen-bond acceptors (Lipinski definition) is 2. The van der Waals surface area contributed by atoms with E-state index in [0.717, 1.165) is 17.7 Å². The van der Waals surface area contributed by atoms with Gasteiger partial charge >= 0.3 is 0 Å². The second-order valence-electron chi connectivity index (χ2n) is 2.92. The fourth-order valence-corrected chi connectivity index (χ4v) is 1.09. The van der Waals surface area contributed by atoms with Crippen LogP contribution >= 0.6 is 0 Å². The molecule has 66 valence electrons. The van der Waals surface area contributed by atoms with Crippen LogP contribution in [0.15, 0.2) is 16.7 Å². The second-order valence-corrected chi connectivity index (χ2v) is 2.92. The summed E-state index contributed by atoms with van der Waals surface area (Å²) in [6.45, 7) is 3.88. The van der Waals surface area contributed by atoms with Gasteiger partial charge in [0.1, 0.15) is 11.5 Å². The molecule has 0 radical (unpaired) electrons. The van der Waals surface area contributed by atoms with E-state index in [1.807, 2.05) is 19.9 Å². The number of rotatable bonds is 4. The van der Waals surface area contributed by atoms with Crippen molar-refractivity contribution in [2.24, 2.45) is 0 Å². The van der Waals surface area contributed by atoms with Gasteiger partial charge in [0.05, 0.1) is 6.26 Å². The normalized spacial score (nSPS) is 10.2. The summed E-state index contributed by atoms with van der Waals surface area (Å²) in [4.78, 5) is 11.0. The van der Waals surface area contributed by atoms with Crippen molar-refractivity contribution < 1.29 is 9.21 Å². The smallest absolute Gasteiger partial charge is 0.133 e. The van der Waals surface area contributed by atoms with Crippen molar-refractivity contribution in [3.05, 3.63) is 23.7 Å². The summed E-state index contributed by atoms with van der Waals surface area (Å²) in [5.41, 5.74) is 1.14. The molecular formula is C10H14O2. The van der Waals surface area contributed by atoms with Crippen LogP contribution in [0.1, 0.15) is 31.1 Å². The van der Waals surface area contributed by atoms with Gasteiger partial charge in [0, 0.05) is 19.3 Å². The minimum Gasteiger partial charge on any atom is -0.469 e. The summed E-state index contributed by atoms with van der Waals surface area (Å²) < 4.78 is 5.21. The van der Waals surface area contributed by atoms with Crippen LogP contribution in [0.4, 0.5) is 0 Å². The highest BCUT2D eigenvalue weighted by atomic mass is 16.3. The molecule has 0 saturated heterocycles. The molecular weight excluding hydrogens is 152 g/mol. The highest BCUT2D eigenvalue weighted by Gasteiger charge is 2.04. The van der Waals surface area contributed by atoms with Gasteiger partial charge in [0.25, 0.3) is 0 Å². The molecule has 1 aromatic rings. The van der Waals surface area contributed by atoms with Gasteiger partial charge in [-0.3, -0.25) is 4.79 Å². The number of furan rings is 1. The topological polar surface area (TPSA) is 30.2 Å². The average molecular weight is 166 g/mol. The highest BCUT2D eigenvalue weighted by molar-refractivity contribution is 5.78. The van der Waals surface area contributed by atoms with Crippen LogP contribution in [0.5, 0.6) is 0 Å². The van der Waals surface area contributed by atoms with E-state index in [1.165, 1.54) is 0 Å². The van der Waals surface area contributed by atoms with E-state index in [4.69, 9.17) is 4.42 Å². The standard InChI is InChI=1S/C10H14O2/c1-3-9(11)4-5-10-8(2)6-7-12-10/h6-7H,3-5H2,1-2H3. The molecule has 0 fully saturated rings. The van der Waals surface area contributed by atoms with Gasteiger partial charge in [0.15, 0.2) is 0 Å². The van der Waals surface area contributed by atoms with Crippen LogP contribution in [0.3, 0.4) is 0 Å². The zero-order chi connectivity index (χ0) is 8.97. The molecule has 2 nitrogen and oxygen atoms in total. The van der Waals surface area contributed by atoms with Crippen molar-refractivity contribution in [2.45, 2.75) is 33.1 Å². The first-order valence-corrected chi connectivity index (χ1v) is 4.28. The first-order chi connectivity index (χ1) is 5.74. The SMILES string of the molecule is CCC(=O)CCc1occc1C. The fraction of sp³-hybridized carbons (Fsp3) is 0.500. The molecule has 1 heterocycles. The Labute approximate surface area is 72.6 Å². The van der Waals surface area contributed by atoms with Crippen molar-refractivity contribution in [3.8, 4) is 0 Å². The molecule has 0 bridgehead atoms. The molecule has 1 aromatic heterocycles. The zero-order valence-corrected chi connectivity index (χ0v) is 7.59. The van der Waals surface area contributed by atoms with Gasteiger partial charge in [-0.1, -0.05) is 6.92 Å². The van der Waals surface area contributed by atoms with Crippen LogP contribution in [-0.2, 0) is 11.2 Å². The molecule has 0 saturated carbocycles. The van der Waals surface area contributed by atoms with E-state index in [-0.39, 0.29) is 0 Å². The van der Waals surface area contributed by atoms with E-state index in [1.54, 1.807) is 6.26 Å². The van der Waals surface area contributed by atoms with E-state index in [9.17, 15) is 4.79 Å². The molecule has 0 atom stereocenters. The van der Waals surface area contributed by atoms with Crippen LogP contribution in [0, 0.1) is 6.92 Å². The van der Waals surface area contributed by atoms with Crippen LogP contribution < -0.4 is 0 Å². The molecule has 0 spiro atoms. The lowest BCUT2D eigenvalue weighted by atomic mass is 10.1. The first-order valence-electron chi connectivity index (χ1n) is 4.28. The maximum atomic E-state index is 11.0. The van der Waals surface area contributed by atoms with Crippen molar-refractivity contribution in [2.75, 3.05) is 0 Å². The van der Waals surface area contributed by atoms with Crippen molar-refractivity contribution in [3.63, 3.8) is 0 Å². The molecule has 0 amide bonds. The maximum absolute atomic E-state index is 11.0. The number of aryl methyl sites for hydroxylation is 2. The lowest BCUT2D eigenvalue weighted by Crippen LogP contribution is -1.97. The van der Waals surface area contributed by atoms with Crippen LogP contribution in [0.2, 0.25) is 0 Å². The average Bonchev–Trinajstić information content (AvgIpc) is 2.47. The summed E-state index contributed by atoms with van der Waals surface area (Å²) in [5.74, 6) is 1.24. The summed E-state index contributed by atoms with van der Waals surface area (Å²) in [7, 11) is 0. The third-order valence-corrected chi connectivity index (χ3v) is 1.99. The lowest BCUT2D eigenvalue weighted by molar-refractivity contribution is -0.118. The number of Topliss-reactive ketones (excluding diaryl/α,β-unsaturated/α-hetero) is 1. The Kier molecular flexibility index (Phi) is 3.09. The summed E-state index contributed by atoms with van der Waals surface area (Å²) in [5, 5.41) is 0. The van der Waals surface area contributed by atoms with E-state index in [0.29, 0.717) is 18.6 Å². The monoisotopic (exact) mass is 166 g/mol. The Morgan fingerprint density at radius 3 is 2.83 bits per heavy atom. The molecule has 0 aromatic carbocycles. The molecule has 0 aliphatic carbocycles. The van der Waals surface area contributed by atoms with Crippen LogP contribution in [0.25, 0.3) is 0 Å². The fourth-order valence-electron chi connectivity index (χ4n) is 1.09. The molecule has 0 unspecified atom stereocenters. The van der Waals surface area contributed by atoms with Gasteiger partial charge in [-0.15, -0.1) is 0 Å². The third-order valence-electron chi connectivity index (χ3n) is 1.99. The molecule has 1 rings (SSSR count). The number of ketones is 1. The molecule has 0 N–H and O–H groups in total. The number of carbonyl (C=O) groups is 1. The Morgan fingerprint density at radius 2 is 2.33 bits per heavy atom. The minimum atomic E-state index is 0.297. The Balaban J connectivity index is 2.43. The minimum absolute atomic E-state index is 0.297. The van der Waals surface area contributed by atoms with Gasteiger partial charge in [-0.05, 0) is 18.6 Å². The first kappa shape index (κ1) is 9.04. The van der Waals surface area contributed by atoms with E-state index in [2.05, 4.69) is 0 Å². The highest BCUT2D eigenvalue weighted by Crippen LogP contribution is 2.11. The predicted octanol–water partition coefficient (Wildman–Crippen LogP) is 2.50. The molecule has 0 aliphatic heterocycles. The number of hydrogen-bond donors (Lipinski definition) is 0. The maximum Gasteiger partial charge on any atom is 0.133 e. The van der Waals surface area contributed by atoms with Gasteiger partial charge in [-0.25, -0.2) is 0 Å². The van der Waals surface area contributed by atoms with Crippen molar-refractivity contribution in [1.29, 1.82) is 0 Å². The van der Waals surface area contributed by atoms with Crippen molar-refractivity contribution in [1.82, 2.24) is 0 Å². The van der Waals surface area contributed by atoms with E-state index < -0.39 is 0 Å². The van der Waals surface area contributed by atoms with Gasteiger partial charge in [0.2, 0.25) is 0 Å².